The molecular weight excluding hydrogens is 324 g/mol. The fourth-order valence-electron chi connectivity index (χ4n) is 3.42. The van der Waals surface area contributed by atoms with Gasteiger partial charge in [0.1, 0.15) is 0 Å². The van der Waals surface area contributed by atoms with Crippen molar-refractivity contribution in [1.29, 1.82) is 0 Å². The largest absolute Gasteiger partial charge is 0.388 e. The van der Waals surface area contributed by atoms with Crippen LogP contribution in [0.25, 0.3) is 0 Å². The molecule has 0 amide bonds. The minimum Gasteiger partial charge on any atom is -0.388 e. The molecule has 0 saturated carbocycles. The lowest BCUT2D eigenvalue weighted by Gasteiger charge is -2.29. The van der Waals surface area contributed by atoms with Crippen LogP contribution in [0.2, 0.25) is 0 Å². The Morgan fingerprint density at radius 1 is 1.12 bits per heavy atom. The van der Waals surface area contributed by atoms with Gasteiger partial charge in [0.25, 0.3) is 0 Å². The van der Waals surface area contributed by atoms with E-state index in [0.717, 1.165) is 32.1 Å². The van der Waals surface area contributed by atoms with E-state index in [4.69, 9.17) is 0 Å². The molecular formula is C21H36N4O. The number of rotatable bonds is 9. The van der Waals surface area contributed by atoms with E-state index in [-0.39, 0.29) is 0 Å². The second-order valence-corrected chi connectivity index (χ2v) is 7.18. The van der Waals surface area contributed by atoms with Crippen molar-refractivity contribution in [3.8, 4) is 0 Å². The van der Waals surface area contributed by atoms with Crippen molar-refractivity contribution in [1.82, 2.24) is 15.5 Å². The van der Waals surface area contributed by atoms with Gasteiger partial charge in [-0.25, -0.2) is 0 Å². The number of nitrogens with one attached hydrogen (secondary N) is 2. The minimum absolute atomic E-state index is 0.346. The van der Waals surface area contributed by atoms with Crippen LogP contribution in [0.3, 0.4) is 0 Å². The average molecular weight is 361 g/mol. The van der Waals surface area contributed by atoms with Gasteiger partial charge in [0.15, 0.2) is 5.96 Å². The second-order valence-electron chi connectivity index (χ2n) is 7.18. The van der Waals surface area contributed by atoms with Crippen LogP contribution < -0.4 is 10.6 Å². The van der Waals surface area contributed by atoms with Gasteiger partial charge in [0.2, 0.25) is 0 Å². The first-order valence-electron chi connectivity index (χ1n) is 10.2. The molecule has 0 spiro atoms. The molecule has 5 heteroatoms. The van der Waals surface area contributed by atoms with Crippen molar-refractivity contribution in [2.45, 2.75) is 58.1 Å². The normalized spacial score (nSPS) is 17.3. The van der Waals surface area contributed by atoms with Gasteiger partial charge in [-0.2, -0.15) is 0 Å². The Bertz CT molecular complexity index is 536. The fourth-order valence-corrected chi connectivity index (χ4v) is 3.42. The monoisotopic (exact) mass is 360 g/mol. The molecule has 1 fully saturated rings. The third kappa shape index (κ3) is 5.99. The van der Waals surface area contributed by atoms with Gasteiger partial charge < -0.3 is 15.7 Å². The Labute approximate surface area is 158 Å². The lowest BCUT2D eigenvalue weighted by atomic mass is 9.98. The lowest BCUT2D eigenvalue weighted by molar-refractivity contribution is 0.0418. The summed E-state index contributed by atoms with van der Waals surface area (Å²) in [6.07, 6.45) is 3.98. The Morgan fingerprint density at radius 3 is 2.35 bits per heavy atom. The third-order valence-electron chi connectivity index (χ3n) is 5.42. The molecule has 1 unspecified atom stereocenters. The quantitative estimate of drug-likeness (QED) is 0.468. The van der Waals surface area contributed by atoms with Gasteiger partial charge in [-0.1, -0.05) is 44.2 Å². The SMILES string of the molecule is CCNC(=NCC(O)(CC)CC)NCC(c1ccccc1)N1CCCC1. The summed E-state index contributed by atoms with van der Waals surface area (Å²) in [5.41, 5.74) is 0.632. The van der Waals surface area contributed by atoms with Crippen molar-refractivity contribution < 1.29 is 5.11 Å². The van der Waals surface area contributed by atoms with Gasteiger partial charge in [0.05, 0.1) is 18.2 Å². The molecule has 0 aromatic heterocycles. The van der Waals surface area contributed by atoms with E-state index in [1.165, 1.54) is 18.4 Å². The second kappa shape index (κ2) is 10.5. The van der Waals surface area contributed by atoms with Gasteiger partial charge >= 0.3 is 0 Å². The number of aliphatic hydroxyl groups is 1. The molecule has 3 N–H and O–H groups in total. The van der Waals surface area contributed by atoms with E-state index in [9.17, 15) is 5.11 Å². The summed E-state index contributed by atoms with van der Waals surface area (Å²) >= 11 is 0. The van der Waals surface area contributed by atoms with Crippen molar-refractivity contribution in [2.75, 3.05) is 32.7 Å². The van der Waals surface area contributed by atoms with Gasteiger partial charge in [-0.15, -0.1) is 0 Å². The predicted octanol–water partition coefficient (Wildman–Crippen LogP) is 2.93. The molecule has 0 aliphatic carbocycles. The van der Waals surface area contributed by atoms with Crippen LogP contribution in [0.1, 0.15) is 58.1 Å². The van der Waals surface area contributed by atoms with Crippen LogP contribution in [0.15, 0.2) is 35.3 Å². The molecule has 146 valence electrons. The molecule has 0 radical (unpaired) electrons. The molecule has 1 heterocycles. The number of guanidine groups is 1. The zero-order chi connectivity index (χ0) is 18.8. The maximum Gasteiger partial charge on any atom is 0.191 e. The standard InChI is InChI=1S/C21H36N4O/c1-4-21(26,5-2)17-24-20(22-6-3)23-16-19(25-14-10-11-15-25)18-12-8-7-9-13-18/h7-9,12-13,19,26H,4-6,10-11,14-17H2,1-3H3,(H2,22,23,24). The predicted molar refractivity (Wildman–Crippen MR) is 110 cm³/mol. The summed E-state index contributed by atoms with van der Waals surface area (Å²) in [4.78, 5) is 7.20. The van der Waals surface area contributed by atoms with E-state index in [0.29, 0.717) is 25.4 Å². The van der Waals surface area contributed by atoms with Crippen LogP contribution in [-0.2, 0) is 0 Å². The lowest BCUT2D eigenvalue weighted by Crippen LogP contribution is -2.43. The van der Waals surface area contributed by atoms with Gasteiger partial charge in [-0.3, -0.25) is 9.89 Å². The molecule has 1 aromatic rings. The maximum absolute atomic E-state index is 10.5. The summed E-state index contributed by atoms with van der Waals surface area (Å²) in [5, 5.41) is 17.3. The molecule has 26 heavy (non-hydrogen) atoms. The number of likely N-dealkylation sites (tertiary alicyclic amines) is 1. The molecule has 1 aliphatic heterocycles. The number of benzene rings is 1. The summed E-state index contributed by atoms with van der Waals surface area (Å²) in [5.74, 6) is 0.785. The summed E-state index contributed by atoms with van der Waals surface area (Å²) in [6.45, 7) is 10.4. The zero-order valence-electron chi connectivity index (χ0n) is 16.7. The molecule has 1 saturated heterocycles. The van der Waals surface area contributed by atoms with Gasteiger partial charge in [0, 0.05) is 13.1 Å². The molecule has 5 nitrogen and oxygen atoms in total. The Morgan fingerprint density at radius 2 is 1.77 bits per heavy atom. The zero-order valence-corrected chi connectivity index (χ0v) is 16.7. The van der Waals surface area contributed by atoms with Crippen molar-refractivity contribution in [2.24, 2.45) is 4.99 Å². The first-order chi connectivity index (χ1) is 12.6. The van der Waals surface area contributed by atoms with E-state index >= 15 is 0 Å². The number of aliphatic imine (C=N–C) groups is 1. The van der Waals surface area contributed by atoms with Crippen LogP contribution >= 0.6 is 0 Å². The highest BCUT2D eigenvalue weighted by Crippen LogP contribution is 2.24. The number of hydrogen-bond acceptors (Lipinski definition) is 3. The molecule has 1 atom stereocenters. The Balaban J connectivity index is 2.05. The van der Waals surface area contributed by atoms with Gasteiger partial charge in [-0.05, 0) is 51.3 Å². The highest BCUT2D eigenvalue weighted by molar-refractivity contribution is 5.79. The van der Waals surface area contributed by atoms with Crippen LogP contribution in [0, 0.1) is 0 Å². The van der Waals surface area contributed by atoms with Crippen molar-refractivity contribution in [3.05, 3.63) is 35.9 Å². The minimum atomic E-state index is -0.712. The summed E-state index contributed by atoms with van der Waals surface area (Å²) < 4.78 is 0. The van der Waals surface area contributed by atoms with Crippen LogP contribution in [0.4, 0.5) is 0 Å². The van der Waals surface area contributed by atoms with Crippen molar-refractivity contribution in [3.63, 3.8) is 0 Å². The number of nitrogens with zero attached hydrogens (tertiary/aromatic N) is 2. The fraction of sp³-hybridized carbons (Fsp3) is 0.667. The molecule has 0 bridgehead atoms. The number of hydrogen-bond donors (Lipinski definition) is 3. The summed E-state index contributed by atoms with van der Waals surface area (Å²) in [6, 6.07) is 11.1. The highest BCUT2D eigenvalue weighted by atomic mass is 16.3. The highest BCUT2D eigenvalue weighted by Gasteiger charge is 2.24. The van der Waals surface area contributed by atoms with Crippen LogP contribution in [-0.4, -0.2) is 54.3 Å². The Hall–Kier alpha value is -1.59. The van der Waals surface area contributed by atoms with E-state index in [2.05, 4.69) is 57.8 Å². The summed E-state index contributed by atoms with van der Waals surface area (Å²) in [7, 11) is 0. The van der Waals surface area contributed by atoms with E-state index in [1.807, 2.05) is 13.8 Å². The first-order valence-corrected chi connectivity index (χ1v) is 10.2. The molecule has 2 rings (SSSR count). The average Bonchev–Trinajstić information content (AvgIpc) is 3.21. The maximum atomic E-state index is 10.5. The Kier molecular flexibility index (Phi) is 8.39. The smallest absolute Gasteiger partial charge is 0.191 e. The first kappa shape index (κ1) is 20.7. The third-order valence-corrected chi connectivity index (χ3v) is 5.42. The van der Waals surface area contributed by atoms with Crippen LogP contribution in [0.5, 0.6) is 0 Å². The van der Waals surface area contributed by atoms with E-state index < -0.39 is 5.60 Å². The van der Waals surface area contributed by atoms with Crippen molar-refractivity contribution >= 4 is 5.96 Å². The topological polar surface area (TPSA) is 59.9 Å². The molecule has 1 aliphatic rings. The van der Waals surface area contributed by atoms with E-state index in [1.54, 1.807) is 0 Å². The molecule has 1 aromatic carbocycles.